The van der Waals surface area contributed by atoms with Gasteiger partial charge in [-0.2, -0.15) is 0 Å². The van der Waals surface area contributed by atoms with Gasteiger partial charge < -0.3 is 25.4 Å². The molecule has 0 bridgehead atoms. The van der Waals surface area contributed by atoms with E-state index >= 15 is 0 Å². The monoisotopic (exact) mass is 386 g/mol. The average Bonchev–Trinajstić information content (AvgIpc) is 3.20. The highest BCUT2D eigenvalue weighted by Crippen LogP contribution is 2.33. The number of aromatic nitrogens is 4. The molecule has 2 aromatic rings. The Morgan fingerprint density at radius 1 is 1.36 bits per heavy atom. The number of unbranched alkanes of at least 4 members (excludes halogenated alkanes) is 2. The van der Waals surface area contributed by atoms with Crippen LogP contribution in [0.2, 0.25) is 0 Å². The number of hydrogen-bond donors (Lipinski definition) is 4. The number of amides is 1. The van der Waals surface area contributed by atoms with E-state index in [0.29, 0.717) is 29.2 Å². The van der Waals surface area contributed by atoms with Crippen molar-refractivity contribution in [1.82, 2.24) is 24.8 Å². The summed E-state index contributed by atoms with van der Waals surface area (Å²) in [5.74, 6) is 6.74. The first kappa shape index (κ1) is 20.0. The van der Waals surface area contributed by atoms with E-state index in [1.54, 1.807) is 17.9 Å². The molecule has 3 rings (SSSR count). The largest absolute Gasteiger partial charge is 0.388 e. The third kappa shape index (κ3) is 3.93. The zero-order chi connectivity index (χ0) is 20.3. The van der Waals surface area contributed by atoms with E-state index in [1.165, 1.54) is 6.92 Å². The second-order valence-corrected chi connectivity index (χ2v) is 6.97. The van der Waals surface area contributed by atoms with E-state index in [0.717, 1.165) is 19.3 Å². The van der Waals surface area contributed by atoms with Crippen molar-refractivity contribution in [3.63, 3.8) is 0 Å². The third-order valence-electron chi connectivity index (χ3n) is 4.91. The Morgan fingerprint density at radius 2 is 2.14 bits per heavy atom. The van der Waals surface area contributed by atoms with Gasteiger partial charge in [0.1, 0.15) is 12.2 Å². The Labute approximate surface area is 163 Å². The summed E-state index contributed by atoms with van der Waals surface area (Å²) in [5.41, 5.74) is 1.09. The van der Waals surface area contributed by atoms with Crippen molar-refractivity contribution in [2.45, 2.75) is 63.8 Å². The lowest BCUT2D eigenvalue weighted by atomic mass is 10.2. The highest BCUT2D eigenvalue weighted by atomic mass is 16.3. The highest BCUT2D eigenvalue weighted by Gasteiger charge is 2.43. The first-order valence-electron chi connectivity index (χ1n) is 9.50. The van der Waals surface area contributed by atoms with Crippen molar-refractivity contribution in [2.75, 3.05) is 12.4 Å². The number of fused-ring (bicyclic) bond motifs is 1. The third-order valence-corrected chi connectivity index (χ3v) is 4.91. The van der Waals surface area contributed by atoms with Crippen LogP contribution in [0.25, 0.3) is 11.2 Å². The SMILES string of the molecule is CCCCC#Cc1nc(NC)c2ncn(C3C[C@H](NC(C)=O)[C@@H](O)[C@H]3O)c2n1. The van der Waals surface area contributed by atoms with E-state index in [9.17, 15) is 15.0 Å². The Hall–Kier alpha value is -2.70. The van der Waals surface area contributed by atoms with Crippen molar-refractivity contribution >= 4 is 22.9 Å². The smallest absolute Gasteiger partial charge is 0.217 e. The Balaban J connectivity index is 1.97. The summed E-state index contributed by atoms with van der Waals surface area (Å²) >= 11 is 0. The molecule has 0 spiro atoms. The van der Waals surface area contributed by atoms with Gasteiger partial charge in [0.25, 0.3) is 0 Å². The standard InChI is InChI=1S/C19H26N6O3/c1-4-5-6-7-8-14-23-18(20-3)15-19(24-14)25(10-21-15)13-9-12(22-11(2)26)16(27)17(13)28/h10,12-13,16-17,27-28H,4-6,9H2,1-3H3,(H,22,26)(H,20,23,24)/t12-,13?,16+,17-/m0/s1. The van der Waals surface area contributed by atoms with Crippen LogP contribution in [0.4, 0.5) is 5.82 Å². The Bertz CT molecular complexity index is 916. The number of anilines is 1. The average molecular weight is 386 g/mol. The molecule has 0 saturated heterocycles. The number of carbonyl (C=O) groups is 1. The van der Waals surface area contributed by atoms with Crippen LogP contribution in [-0.4, -0.2) is 60.9 Å². The van der Waals surface area contributed by atoms with Gasteiger partial charge in [0.05, 0.1) is 18.4 Å². The number of nitrogens with zero attached hydrogens (tertiary/aromatic N) is 4. The summed E-state index contributed by atoms with van der Waals surface area (Å²) in [7, 11) is 1.75. The summed E-state index contributed by atoms with van der Waals surface area (Å²) in [6.07, 6.45) is 2.68. The number of aliphatic hydroxyl groups excluding tert-OH is 2. The zero-order valence-electron chi connectivity index (χ0n) is 16.3. The zero-order valence-corrected chi connectivity index (χ0v) is 16.3. The topological polar surface area (TPSA) is 125 Å². The fourth-order valence-electron chi connectivity index (χ4n) is 3.48. The Morgan fingerprint density at radius 3 is 2.82 bits per heavy atom. The minimum atomic E-state index is -1.06. The predicted octanol–water partition coefficient (Wildman–Crippen LogP) is 0.581. The summed E-state index contributed by atoms with van der Waals surface area (Å²) in [6, 6.07) is -1.01. The van der Waals surface area contributed by atoms with Gasteiger partial charge in [-0.25, -0.2) is 15.0 Å². The molecule has 2 heterocycles. The number of nitrogens with one attached hydrogen (secondary N) is 2. The maximum absolute atomic E-state index is 11.4. The van der Waals surface area contributed by atoms with Crippen LogP contribution in [0, 0.1) is 11.8 Å². The van der Waals surface area contributed by atoms with Crippen LogP contribution < -0.4 is 10.6 Å². The summed E-state index contributed by atoms with van der Waals surface area (Å²) in [5, 5.41) is 26.5. The molecule has 9 nitrogen and oxygen atoms in total. The van der Waals surface area contributed by atoms with Crippen molar-refractivity contribution in [2.24, 2.45) is 0 Å². The molecule has 150 valence electrons. The lowest BCUT2D eigenvalue weighted by molar-refractivity contribution is -0.120. The second kappa shape index (κ2) is 8.54. The molecular formula is C19H26N6O3. The summed E-state index contributed by atoms with van der Waals surface area (Å²) < 4.78 is 1.73. The molecule has 1 unspecified atom stereocenters. The molecule has 9 heteroatoms. The van der Waals surface area contributed by atoms with Crippen LogP contribution in [0.5, 0.6) is 0 Å². The molecule has 2 aromatic heterocycles. The first-order valence-corrected chi connectivity index (χ1v) is 9.50. The van der Waals surface area contributed by atoms with Crippen LogP contribution in [-0.2, 0) is 4.79 Å². The molecule has 4 N–H and O–H groups in total. The quantitative estimate of drug-likeness (QED) is 0.437. The molecule has 0 aromatic carbocycles. The van der Waals surface area contributed by atoms with Crippen molar-refractivity contribution in [3.8, 4) is 11.8 Å². The Kier molecular flexibility index (Phi) is 6.11. The van der Waals surface area contributed by atoms with Gasteiger partial charge >= 0.3 is 0 Å². The summed E-state index contributed by atoms with van der Waals surface area (Å²) in [4.78, 5) is 24.7. The first-order chi connectivity index (χ1) is 13.5. The van der Waals surface area contributed by atoms with Crippen LogP contribution in [0.1, 0.15) is 51.4 Å². The van der Waals surface area contributed by atoms with Gasteiger partial charge in [-0.15, -0.1) is 0 Å². The van der Waals surface area contributed by atoms with Gasteiger partial charge in [0.15, 0.2) is 17.0 Å². The van der Waals surface area contributed by atoms with E-state index < -0.39 is 24.3 Å². The van der Waals surface area contributed by atoms with Gasteiger partial charge in [0.2, 0.25) is 11.7 Å². The molecule has 1 aliphatic rings. The van der Waals surface area contributed by atoms with Crippen molar-refractivity contribution < 1.29 is 15.0 Å². The van der Waals surface area contributed by atoms with Crippen molar-refractivity contribution in [3.05, 3.63) is 12.2 Å². The van der Waals surface area contributed by atoms with E-state index in [4.69, 9.17) is 0 Å². The van der Waals surface area contributed by atoms with Gasteiger partial charge in [-0.1, -0.05) is 19.3 Å². The van der Waals surface area contributed by atoms with E-state index in [2.05, 4.69) is 44.4 Å². The maximum atomic E-state index is 11.4. The molecule has 1 aliphatic carbocycles. The number of rotatable bonds is 5. The van der Waals surface area contributed by atoms with Crippen LogP contribution in [0.15, 0.2) is 6.33 Å². The van der Waals surface area contributed by atoms with E-state index in [-0.39, 0.29) is 5.91 Å². The van der Waals surface area contributed by atoms with Gasteiger partial charge in [0, 0.05) is 20.4 Å². The number of carbonyl (C=O) groups excluding carboxylic acids is 1. The fourth-order valence-corrected chi connectivity index (χ4v) is 3.48. The fraction of sp³-hybridized carbons (Fsp3) is 0.579. The van der Waals surface area contributed by atoms with Gasteiger partial charge in [-0.3, -0.25) is 4.79 Å². The molecule has 28 heavy (non-hydrogen) atoms. The second-order valence-electron chi connectivity index (χ2n) is 6.97. The maximum Gasteiger partial charge on any atom is 0.217 e. The van der Waals surface area contributed by atoms with Crippen LogP contribution >= 0.6 is 0 Å². The minimum absolute atomic E-state index is 0.253. The number of aliphatic hydroxyl groups is 2. The van der Waals surface area contributed by atoms with Crippen molar-refractivity contribution in [1.29, 1.82) is 0 Å². The highest BCUT2D eigenvalue weighted by molar-refractivity contribution is 5.83. The van der Waals surface area contributed by atoms with Crippen LogP contribution in [0.3, 0.4) is 0 Å². The van der Waals surface area contributed by atoms with E-state index in [1.807, 2.05) is 0 Å². The van der Waals surface area contributed by atoms with Gasteiger partial charge in [-0.05, 0) is 18.8 Å². The lowest BCUT2D eigenvalue weighted by Crippen LogP contribution is -2.42. The number of imidazole rings is 1. The molecule has 0 radical (unpaired) electrons. The predicted molar refractivity (Wildman–Crippen MR) is 105 cm³/mol. The minimum Gasteiger partial charge on any atom is -0.388 e. The summed E-state index contributed by atoms with van der Waals surface area (Å²) in [6.45, 7) is 3.49. The normalized spacial score (nSPS) is 24.0. The number of hydrogen-bond acceptors (Lipinski definition) is 7. The lowest BCUT2D eigenvalue weighted by Gasteiger charge is -2.18. The molecule has 1 saturated carbocycles. The molecule has 4 atom stereocenters. The molecule has 1 fully saturated rings. The molecule has 1 amide bonds. The molecule has 0 aliphatic heterocycles. The molecular weight excluding hydrogens is 360 g/mol.